The summed E-state index contributed by atoms with van der Waals surface area (Å²) >= 11 is 0. The highest BCUT2D eigenvalue weighted by Gasteiger charge is 2.22. The van der Waals surface area contributed by atoms with Gasteiger partial charge in [-0.15, -0.1) is 0 Å². The van der Waals surface area contributed by atoms with E-state index in [0.29, 0.717) is 11.1 Å². The first-order valence-corrected chi connectivity index (χ1v) is 18.9. The predicted molar refractivity (Wildman–Crippen MR) is 246 cm³/mol. The van der Waals surface area contributed by atoms with Crippen LogP contribution in [0.2, 0.25) is 0 Å². The molecule has 0 N–H and O–H groups in total. The third-order valence-corrected chi connectivity index (χ3v) is 10.4. The maximum atomic E-state index is 10.4. The van der Waals surface area contributed by atoms with Crippen LogP contribution in [0.1, 0.15) is 21.9 Å². The molecule has 0 aliphatic heterocycles. The quantitative estimate of drug-likeness (QED) is 0.169. The van der Waals surface area contributed by atoms with E-state index >= 15 is 0 Å². The number of nitrogens with zero attached hydrogens (tertiary/aromatic N) is 4. The maximum absolute atomic E-state index is 10.4. The Balaban J connectivity index is 1.26. The molecule has 3 heterocycles. The molecular formula is C55H34N4O. The van der Waals surface area contributed by atoms with E-state index in [1.165, 1.54) is 0 Å². The number of benzene rings is 9. The van der Waals surface area contributed by atoms with Crippen LogP contribution >= 0.6 is 0 Å². The van der Waals surface area contributed by atoms with Gasteiger partial charge in [0.15, 0.2) is 17.5 Å². The molecule has 0 fully saturated rings. The van der Waals surface area contributed by atoms with Crippen molar-refractivity contribution >= 4 is 54.5 Å². The van der Waals surface area contributed by atoms with Crippen LogP contribution in [0.3, 0.4) is 0 Å². The Bertz CT molecular complexity index is 4410. The molecule has 12 aromatic rings. The van der Waals surface area contributed by atoms with Crippen LogP contribution < -0.4 is 0 Å². The van der Waals surface area contributed by atoms with Crippen LogP contribution in [-0.2, 0) is 0 Å². The molecule has 12 rings (SSSR count). The van der Waals surface area contributed by atoms with Crippen LogP contribution in [0.5, 0.6) is 0 Å². The normalized spacial score (nSPS) is 15.4. The first kappa shape index (κ1) is 21.6. The van der Waals surface area contributed by atoms with Crippen molar-refractivity contribution in [2.45, 2.75) is 0 Å². The van der Waals surface area contributed by atoms with Gasteiger partial charge in [-0.1, -0.05) is 170 Å². The van der Waals surface area contributed by atoms with Crippen LogP contribution in [0.25, 0.3) is 117 Å². The molecular weight excluding hydrogens is 733 g/mol. The van der Waals surface area contributed by atoms with E-state index < -0.39 is 135 Å². The second kappa shape index (κ2) is 13.8. The molecule has 280 valence electrons. The van der Waals surface area contributed by atoms with Crippen molar-refractivity contribution in [2.24, 2.45) is 0 Å². The van der Waals surface area contributed by atoms with E-state index in [1.54, 1.807) is 0 Å². The molecule has 0 bridgehead atoms. The minimum Gasteiger partial charge on any atom is -0.456 e. The summed E-state index contributed by atoms with van der Waals surface area (Å²) in [5.41, 5.74) is 2.21. The number of aromatic nitrogens is 4. The topological polar surface area (TPSA) is 56.7 Å². The van der Waals surface area contributed by atoms with Gasteiger partial charge in [-0.2, -0.15) is 0 Å². The van der Waals surface area contributed by atoms with Gasteiger partial charge in [-0.3, -0.25) is 0 Å². The molecule has 0 saturated heterocycles. The zero-order valence-electron chi connectivity index (χ0n) is 47.1. The van der Waals surface area contributed by atoms with Crippen LogP contribution in [0.15, 0.2) is 210 Å². The lowest BCUT2D eigenvalue weighted by Crippen LogP contribution is -2.02. The summed E-state index contributed by atoms with van der Waals surface area (Å²) in [7, 11) is 0. The standard InChI is InChI=1S/C55H34N4O/c1-3-13-35(14-4-1)37-23-27-39(28-24-37)53-56-54(40-29-25-38(26-30-40)36-15-5-2-6-16-36)58-55(57-53)47-33-43(34-51-52(47)45-20-10-12-22-50(45)60-51)59-48-21-11-9-19-44(48)46-31-41-17-7-8-18-42(41)32-49(46)59/h1-34H/i7D,8D,9D,10D,11D,12D,17D,18D,19D,20D,21D,22D,31D,32D,33D,34D. The third-order valence-electron chi connectivity index (χ3n) is 10.4. The van der Waals surface area contributed by atoms with Gasteiger partial charge in [0.2, 0.25) is 0 Å². The summed E-state index contributed by atoms with van der Waals surface area (Å²) in [5, 5.41) is -1.93. The van der Waals surface area contributed by atoms with Crippen molar-refractivity contribution in [3.63, 3.8) is 0 Å². The van der Waals surface area contributed by atoms with Gasteiger partial charge in [0, 0.05) is 44.3 Å². The Morgan fingerprint density at radius 2 is 0.917 bits per heavy atom. The first-order chi connectivity index (χ1) is 36.4. The summed E-state index contributed by atoms with van der Waals surface area (Å²) < 4.78 is 154. The Hall–Kier alpha value is -8.15. The molecule has 0 radical (unpaired) electrons. The van der Waals surface area contributed by atoms with E-state index in [0.717, 1.165) is 26.8 Å². The number of rotatable bonds is 6. The molecule has 0 amide bonds. The molecule has 60 heavy (non-hydrogen) atoms. The highest BCUT2D eigenvalue weighted by Crippen LogP contribution is 2.41. The Morgan fingerprint density at radius 1 is 0.400 bits per heavy atom. The number of hydrogen-bond donors (Lipinski definition) is 0. The van der Waals surface area contributed by atoms with Crippen molar-refractivity contribution in [3.8, 4) is 62.1 Å². The van der Waals surface area contributed by atoms with Gasteiger partial charge in [0.1, 0.15) is 11.2 Å². The molecule has 5 nitrogen and oxygen atoms in total. The molecule has 0 aliphatic rings. The molecule has 0 aliphatic carbocycles. The summed E-state index contributed by atoms with van der Waals surface area (Å²) in [6, 6.07) is 23.3. The fourth-order valence-corrected chi connectivity index (χ4v) is 7.58. The number of fused-ring (bicyclic) bond motifs is 7. The predicted octanol–water partition coefficient (Wildman–Crippen LogP) is 14.4. The summed E-state index contributed by atoms with van der Waals surface area (Å²) in [5.74, 6) is -0.0473. The van der Waals surface area contributed by atoms with Crippen molar-refractivity contribution in [1.29, 1.82) is 0 Å². The third kappa shape index (κ3) is 5.67. The highest BCUT2D eigenvalue weighted by atomic mass is 16.3. The zero-order valence-corrected chi connectivity index (χ0v) is 31.1. The minimum atomic E-state index is -0.761. The SMILES string of the molecule is [2H]c1c([2H])c([2H])c2c(oc3c([2H])c(-n4c5c([2H])c([2H])c([2H])c([2H])c5c5c([2H])c6c([2H])c([2H])c([2H])c([2H])c6c([2H])c54)c([2H])c(-c4nc(-c5ccc(-c6ccccc6)cc5)nc(-c5ccc(-c6ccccc6)cc5)n4)c32)c1[2H]. The molecule has 0 unspecified atom stereocenters. The largest absolute Gasteiger partial charge is 0.456 e. The number of furan rings is 1. The Morgan fingerprint density at radius 3 is 1.57 bits per heavy atom. The van der Waals surface area contributed by atoms with Crippen molar-refractivity contribution in [2.75, 3.05) is 0 Å². The first-order valence-electron chi connectivity index (χ1n) is 26.9. The minimum absolute atomic E-state index is 0.101. The molecule has 0 spiro atoms. The van der Waals surface area contributed by atoms with Crippen LogP contribution in [-0.4, -0.2) is 19.5 Å². The number of hydrogen-bond acceptors (Lipinski definition) is 4. The average Bonchev–Trinajstić information content (AvgIpc) is 4.14. The molecule has 0 atom stereocenters. The van der Waals surface area contributed by atoms with E-state index in [1.807, 2.05) is 109 Å². The van der Waals surface area contributed by atoms with Gasteiger partial charge >= 0.3 is 0 Å². The monoisotopic (exact) mass is 782 g/mol. The second-order valence-corrected chi connectivity index (χ2v) is 14.0. The van der Waals surface area contributed by atoms with Gasteiger partial charge in [-0.05, 0) is 63.2 Å². The lowest BCUT2D eigenvalue weighted by molar-refractivity contribution is 0.668. The van der Waals surface area contributed by atoms with Gasteiger partial charge in [-0.25, -0.2) is 15.0 Å². The van der Waals surface area contributed by atoms with E-state index in [9.17, 15) is 9.60 Å². The van der Waals surface area contributed by atoms with Crippen molar-refractivity contribution in [1.82, 2.24) is 19.5 Å². The Kier molecular flexibility index (Phi) is 4.94. The van der Waals surface area contributed by atoms with Crippen LogP contribution in [0.4, 0.5) is 0 Å². The lowest BCUT2D eigenvalue weighted by atomic mass is 10.0. The molecule has 5 heteroatoms. The van der Waals surface area contributed by atoms with Crippen LogP contribution in [0, 0.1) is 0 Å². The summed E-state index contributed by atoms with van der Waals surface area (Å²) in [6.07, 6.45) is 0. The summed E-state index contributed by atoms with van der Waals surface area (Å²) in [4.78, 5) is 14.9. The van der Waals surface area contributed by atoms with E-state index in [2.05, 4.69) is 0 Å². The molecule has 0 saturated carbocycles. The fourth-order valence-electron chi connectivity index (χ4n) is 7.58. The fraction of sp³-hybridized carbons (Fsp3) is 0. The highest BCUT2D eigenvalue weighted by molar-refractivity contribution is 6.15. The van der Waals surface area contributed by atoms with E-state index in [-0.39, 0.29) is 44.6 Å². The van der Waals surface area contributed by atoms with Gasteiger partial charge in [0.25, 0.3) is 0 Å². The zero-order chi connectivity index (χ0) is 53.5. The second-order valence-electron chi connectivity index (χ2n) is 14.0. The smallest absolute Gasteiger partial charge is 0.164 e. The maximum Gasteiger partial charge on any atom is 0.164 e. The number of para-hydroxylation sites is 2. The van der Waals surface area contributed by atoms with Gasteiger partial charge < -0.3 is 8.98 Å². The Labute approximate surface area is 368 Å². The van der Waals surface area contributed by atoms with E-state index in [4.69, 9.17) is 31.7 Å². The molecule has 9 aromatic carbocycles. The molecule has 3 aromatic heterocycles. The van der Waals surface area contributed by atoms with Crippen molar-refractivity contribution in [3.05, 3.63) is 206 Å². The average molecular weight is 783 g/mol. The summed E-state index contributed by atoms with van der Waals surface area (Å²) in [6.45, 7) is 0. The van der Waals surface area contributed by atoms with Crippen molar-refractivity contribution < 1.29 is 26.3 Å². The van der Waals surface area contributed by atoms with Gasteiger partial charge in [0.05, 0.1) is 38.7 Å². The lowest BCUT2D eigenvalue weighted by Gasteiger charge is -2.13.